The molecule has 1 heterocycles. The van der Waals surface area contributed by atoms with Crippen molar-refractivity contribution in [1.82, 2.24) is 5.48 Å². The zero-order chi connectivity index (χ0) is 31.5. The van der Waals surface area contributed by atoms with Crippen molar-refractivity contribution in [2.75, 3.05) is 6.61 Å². The summed E-state index contributed by atoms with van der Waals surface area (Å²) >= 11 is 0. The second-order valence-corrected chi connectivity index (χ2v) is 10.5. The van der Waals surface area contributed by atoms with Crippen molar-refractivity contribution in [2.24, 2.45) is 0 Å². The van der Waals surface area contributed by atoms with Crippen LogP contribution in [0.5, 0.6) is 5.75 Å². The maximum absolute atomic E-state index is 13.2. The lowest BCUT2D eigenvalue weighted by Crippen LogP contribution is -2.33. The molecule has 3 aromatic carbocycles. The zero-order valence-electron chi connectivity index (χ0n) is 23.2. The van der Waals surface area contributed by atoms with Gasteiger partial charge in [0.05, 0.1) is 11.1 Å². The molecule has 1 N–H and O–H groups in total. The lowest BCUT2D eigenvalue weighted by Gasteiger charge is -2.22. The summed E-state index contributed by atoms with van der Waals surface area (Å²) in [5, 5.41) is 0. The molecule has 1 aliphatic carbocycles. The third-order valence-electron chi connectivity index (χ3n) is 7.27. The SMILES string of the molecule is O=C(NOC1CCCCO1)c1ccc(COc2ccc3c(c2)CC/C(=C\c2cc(C(F)(F)F)cc(C(F)(F)F)c2)C3=O)cc1. The van der Waals surface area contributed by atoms with Gasteiger partial charge < -0.3 is 9.47 Å². The van der Waals surface area contributed by atoms with Crippen LogP contribution in [-0.2, 0) is 35.0 Å². The Hall–Kier alpha value is -4.16. The van der Waals surface area contributed by atoms with Crippen molar-refractivity contribution in [2.45, 2.75) is 57.4 Å². The number of alkyl halides is 6. The number of ketones is 1. The first-order valence-electron chi connectivity index (χ1n) is 13.8. The Morgan fingerprint density at radius 2 is 1.61 bits per heavy atom. The number of carbonyl (C=O) groups excluding carboxylic acids is 2. The van der Waals surface area contributed by atoms with Crippen molar-refractivity contribution < 1.29 is 50.2 Å². The van der Waals surface area contributed by atoms with Gasteiger partial charge in [-0.1, -0.05) is 12.1 Å². The van der Waals surface area contributed by atoms with Crippen LogP contribution in [0.4, 0.5) is 26.3 Å². The van der Waals surface area contributed by atoms with Crippen LogP contribution in [0.15, 0.2) is 66.2 Å². The molecule has 1 saturated heterocycles. The maximum atomic E-state index is 13.2. The van der Waals surface area contributed by atoms with E-state index in [9.17, 15) is 35.9 Å². The van der Waals surface area contributed by atoms with E-state index in [1.165, 1.54) is 6.07 Å². The molecule has 0 saturated carbocycles. The average Bonchev–Trinajstić information content (AvgIpc) is 3.00. The Morgan fingerprint density at radius 3 is 2.25 bits per heavy atom. The summed E-state index contributed by atoms with van der Waals surface area (Å²) in [7, 11) is 0. The summed E-state index contributed by atoms with van der Waals surface area (Å²) < 4.78 is 90.7. The molecule has 6 nitrogen and oxygen atoms in total. The van der Waals surface area contributed by atoms with Crippen LogP contribution >= 0.6 is 0 Å². The Labute approximate surface area is 248 Å². The minimum atomic E-state index is -4.98. The minimum absolute atomic E-state index is 0.0518. The van der Waals surface area contributed by atoms with Gasteiger partial charge in [-0.15, -0.1) is 0 Å². The number of rotatable bonds is 7. The number of hydrogen-bond acceptors (Lipinski definition) is 5. The molecule has 1 atom stereocenters. The summed E-state index contributed by atoms with van der Waals surface area (Å²) in [4.78, 5) is 30.7. The molecule has 1 amide bonds. The molecular formula is C32H27F6NO5. The van der Waals surface area contributed by atoms with Crippen molar-refractivity contribution in [3.8, 4) is 5.75 Å². The van der Waals surface area contributed by atoms with Crippen LogP contribution < -0.4 is 10.2 Å². The summed E-state index contributed by atoms with van der Waals surface area (Å²) in [6, 6.07) is 12.7. The lowest BCUT2D eigenvalue weighted by atomic mass is 9.85. The third kappa shape index (κ3) is 7.67. The molecule has 0 spiro atoms. The Bertz CT molecular complexity index is 1520. The van der Waals surface area contributed by atoms with Gasteiger partial charge in [0, 0.05) is 29.7 Å². The lowest BCUT2D eigenvalue weighted by molar-refractivity contribution is -0.186. The Morgan fingerprint density at radius 1 is 0.909 bits per heavy atom. The molecule has 44 heavy (non-hydrogen) atoms. The first-order valence-corrected chi connectivity index (χ1v) is 13.8. The summed E-state index contributed by atoms with van der Waals surface area (Å²) in [6.45, 7) is 0.759. The van der Waals surface area contributed by atoms with Gasteiger partial charge in [-0.05, 0) is 97.0 Å². The minimum Gasteiger partial charge on any atom is -0.489 e. The molecule has 1 aliphatic heterocycles. The van der Waals surface area contributed by atoms with Gasteiger partial charge in [-0.3, -0.25) is 9.59 Å². The van der Waals surface area contributed by atoms with Crippen LogP contribution in [0.2, 0.25) is 0 Å². The van der Waals surface area contributed by atoms with Crippen LogP contribution in [0.1, 0.15) is 74.2 Å². The molecule has 0 bridgehead atoms. The molecule has 3 aromatic rings. The van der Waals surface area contributed by atoms with E-state index in [2.05, 4.69) is 5.48 Å². The monoisotopic (exact) mass is 619 g/mol. The van der Waals surface area contributed by atoms with E-state index in [1.807, 2.05) is 0 Å². The summed E-state index contributed by atoms with van der Waals surface area (Å²) in [5.41, 5.74) is 1.38. The average molecular weight is 620 g/mol. The van der Waals surface area contributed by atoms with E-state index in [-0.39, 0.29) is 30.2 Å². The highest BCUT2D eigenvalue weighted by atomic mass is 19.4. The fourth-order valence-corrected chi connectivity index (χ4v) is 4.95. The highest BCUT2D eigenvalue weighted by Gasteiger charge is 2.37. The second-order valence-electron chi connectivity index (χ2n) is 10.5. The number of allylic oxidation sites excluding steroid dienone is 1. The molecule has 12 heteroatoms. The number of hydrogen-bond donors (Lipinski definition) is 1. The molecule has 1 unspecified atom stereocenters. The normalized spacial score (nSPS) is 18.2. The smallest absolute Gasteiger partial charge is 0.416 e. The van der Waals surface area contributed by atoms with E-state index in [0.717, 1.165) is 24.5 Å². The van der Waals surface area contributed by atoms with Gasteiger partial charge in [0.25, 0.3) is 5.91 Å². The maximum Gasteiger partial charge on any atom is 0.416 e. The largest absolute Gasteiger partial charge is 0.489 e. The zero-order valence-corrected chi connectivity index (χ0v) is 23.2. The number of hydroxylamine groups is 1. The molecule has 232 valence electrons. The van der Waals surface area contributed by atoms with E-state index in [1.54, 1.807) is 36.4 Å². The van der Waals surface area contributed by atoms with Gasteiger partial charge in [0.2, 0.25) is 0 Å². The highest BCUT2D eigenvalue weighted by molar-refractivity contribution is 6.13. The van der Waals surface area contributed by atoms with Gasteiger partial charge in [0.15, 0.2) is 12.1 Å². The Balaban J connectivity index is 1.22. The number of Topliss-reactive ketones (excluding diaryl/α,β-unsaturated/α-hetero) is 1. The fraction of sp³-hybridized carbons (Fsp3) is 0.312. The second kappa shape index (κ2) is 12.8. The van der Waals surface area contributed by atoms with Crippen molar-refractivity contribution in [3.05, 3.63) is 105 Å². The van der Waals surface area contributed by atoms with E-state index >= 15 is 0 Å². The highest BCUT2D eigenvalue weighted by Crippen LogP contribution is 2.37. The van der Waals surface area contributed by atoms with E-state index in [0.29, 0.717) is 54.0 Å². The number of fused-ring (bicyclic) bond motifs is 1. The van der Waals surface area contributed by atoms with Crippen molar-refractivity contribution in [1.29, 1.82) is 0 Å². The number of nitrogens with one attached hydrogen (secondary N) is 1. The fourth-order valence-electron chi connectivity index (χ4n) is 4.95. The van der Waals surface area contributed by atoms with E-state index < -0.39 is 41.5 Å². The number of benzene rings is 3. The topological polar surface area (TPSA) is 73.9 Å². The molecule has 5 rings (SSSR count). The molecule has 2 aliphatic rings. The molecular weight excluding hydrogens is 592 g/mol. The first-order chi connectivity index (χ1) is 20.9. The van der Waals surface area contributed by atoms with Gasteiger partial charge in [0.1, 0.15) is 12.4 Å². The quantitative estimate of drug-likeness (QED) is 0.167. The third-order valence-corrected chi connectivity index (χ3v) is 7.27. The van der Waals surface area contributed by atoms with E-state index in [4.69, 9.17) is 14.3 Å². The summed E-state index contributed by atoms with van der Waals surface area (Å²) in [5.74, 6) is -0.413. The number of aryl methyl sites for hydroxylation is 1. The van der Waals surface area contributed by atoms with Gasteiger partial charge >= 0.3 is 12.4 Å². The van der Waals surface area contributed by atoms with Crippen LogP contribution in [0, 0.1) is 0 Å². The molecule has 0 aromatic heterocycles. The number of ether oxygens (including phenoxy) is 2. The molecule has 1 fully saturated rings. The number of halogens is 6. The Kier molecular flexibility index (Phi) is 9.12. The predicted octanol–water partition coefficient (Wildman–Crippen LogP) is 7.70. The molecule has 0 radical (unpaired) electrons. The van der Waals surface area contributed by atoms with Crippen LogP contribution in [0.3, 0.4) is 0 Å². The van der Waals surface area contributed by atoms with Gasteiger partial charge in [-0.2, -0.15) is 26.3 Å². The van der Waals surface area contributed by atoms with Crippen molar-refractivity contribution >= 4 is 17.8 Å². The van der Waals surface area contributed by atoms with Crippen LogP contribution in [-0.4, -0.2) is 24.6 Å². The van der Waals surface area contributed by atoms with Crippen LogP contribution in [0.25, 0.3) is 6.08 Å². The summed E-state index contributed by atoms with van der Waals surface area (Å²) in [6.07, 6.45) is -6.24. The predicted molar refractivity (Wildman–Crippen MR) is 146 cm³/mol. The number of carbonyl (C=O) groups is 2. The standard InChI is InChI=1S/C32H27F6NO5/c33-31(34,35)24-14-20(15-25(17-24)32(36,37)38)13-23-9-8-22-16-26(10-11-27(22)29(23)40)43-18-19-4-6-21(7-5-19)30(41)39-44-28-3-1-2-12-42-28/h4-7,10-11,13-17,28H,1-3,8-9,12,18H2,(H,39,41)/b23-13+. The van der Waals surface area contributed by atoms with Gasteiger partial charge in [-0.25, -0.2) is 10.3 Å². The first kappa shape index (κ1) is 31.3. The van der Waals surface area contributed by atoms with Crippen molar-refractivity contribution in [3.63, 3.8) is 0 Å². The number of amides is 1.